The van der Waals surface area contributed by atoms with Crippen LogP contribution in [0.4, 0.5) is 11.8 Å². The van der Waals surface area contributed by atoms with Crippen molar-refractivity contribution >= 4 is 43.2 Å². The minimum absolute atomic E-state index is 0.0804. The van der Waals surface area contributed by atoms with Crippen molar-refractivity contribution in [2.75, 3.05) is 37.2 Å². The topological polar surface area (TPSA) is 119 Å². The molecular formula is C24H34N6O3S2. The van der Waals surface area contributed by atoms with Crippen molar-refractivity contribution in [1.29, 1.82) is 0 Å². The summed E-state index contributed by atoms with van der Waals surface area (Å²) >= 11 is 1.60. The number of methoxy groups -OCH3 is 1. The molecular weight excluding hydrogens is 484 g/mol. The molecule has 0 aromatic carbocycles. The molecule has 2 atom stereocenters. The van der Waals surface area contributed by atoms with Crippen molar-refractivity contribution in [3.05, 3.63) is 23.7 Å². The van der Waals surface area contributed by atoms with Crippen LogP contribution < -0.4 is 10.6 Å². The maximum atomic E-state index is 12.4. The SMILES string of the molecule is COCCNc1nc(C)c(-c2nc3c(C)nccc3s2)c(NC2CCC(C(C)(C)S(C)(=O)=O)C2)n1. The van der Waals surface area contributed by atoms with E-state index in [-0.39, 0.29) is 12.0 Å². The number of fused-ring (bicyclic) bond motifs is 1. The van der Waals surface area contributed by atoms with Gasteiger partial charge in [0, 0.05) is 32.1 Å². The van der Waals surface area contributed by atoms with Crippen LogP contribution in [0.25, 0.3) is 20.8 Å². The fourth-order valence-electron chi connectivity index (χ4n) is 4.61. The van der Waals surface area contributed by atoms with Crippen LogP contribution in [0.1, 0.15) is 44.5 Å². The van der Waals surface area contributed by atoms with Crippen LogP contribution in [-0.4, -0.2) is 65.7 Å². The third-order valence-electron chi connectivity index (χ3n) is 7.10. The van der Waals surface area contributed by atoms with Crippen LogP contribution >= 0.6 is 11.3 Å². The van der Waals surface area contributed by atoms with E-state index in [1.54, 1.807) is 24.6 Å². The van der Waals surface area contributed by atoms with Gasteiger partial charge in [0.15, 0.2) is 9.84 Å². The molecule has 1 fully saturated rings. The molecule has 0 aliphatic heterocycles. The third-order valence-corrected chi connectivity index (χ3v) is 10.4. The standard InChI is InChI=1S/C24H34N6O3S2/c1-14-19(22-29-20-15(2)25-10-9-18(20)34-22)21(30-23(27-14)26-11-12-33-5)28-17-8-7-16(13-17)24(3,4)35(6,31)32/h9-10,16-17H,7-8,11-13H2,1-6H3,(H2,26,27,28,30). The van der Waals surface area contributed by atoms with Crippen LogP contribution in [0.2, 0.25) is 0 Å². The van der Waals surface area contributed by atoms with Gasteiger partial charge in [-0.05, 0) is 58.9 Å². The van der Waals surface area contributed by atoms with Gasteiger partial charge in [0.05, 0.1) is 33.0 Å². The van der Waals surface area contributed by atoms with Gasteiger partial charge in [-0.1, -0.05) is 0 Å². The lowest BCUT2D eigenvalue weighted by Gasteiger charge is -2.30. The number of hydrogen-bond donors (Lipinski definition) is 2. The molecule has 0 radical (unpaired) electrons. The fourth-order valence-corrected chi connectivity index (χ4v) is 6.54. The van der Waals surface area contributed by atoms with E-state index in [0.29, 0.717) is 24.9 Å². The summed E-state index contributed by atoms with van der Waals surface area (Å²) in [6, 6.07) is 2.08. The van der Waals surface area contributed by atoms with Gasteiger partial charge < -0.3 is 15.4 Å². The molecule has 3 aromatic heterocycles. The molecule has 4 rings (SSSR count). The summed E-state index contributed by atoms with van der Waals surface area (Å²) in [5.41, 5.74) is 3.46. The van der Waals surface area contributed by atoms with Crippen LogP contribution in [0.15, 0.2) is 12.3 Å². The van der Waals surface area contributed by atoms with Gasteiger partial charge in [-0.15, -0.1) is 11.3 Å². The van der Waals surface area contributed by atoms with Crippen LogP contribution in [0.5, 0.6) is 0 Å². The highest BCUT2D eigenvalue weighted by molar-refractivity contribution is 7.92. The lowest BCUT2D eigenvalue weighted by Crippen LogP contribution is -2.38. The van der Waals surface area contributed by atoms with E-state index in [1.165, 1.54) is 6.26 Å². The minimum Gasteiger partial charge on any atom is -0.383 e. The molecule has 2 N–H and O–H groups in total. The van der Waals surface area contributed by atoms with E-state index in [1.807, 2.05) is 33.8 Å². The van der Waals surface area contributed by atoms with Gasteiger partial charge in [0.25, 0.3) is 0 Å². The van der Waals surface area contributed by atoms with Gasteiger partial charge in [-0.3, -0.25) is 4.98 Å². The molecule has 190 valence electrons. The van der Waals surface area contributed by atoms with E-state index < -0.39 is 14.6 Å². The van der Waals surface area contributed by atoms with Crippen LogP contribution in [0, 0.1) is 19.8 Å². The molecule has 1 aliphatic carbocycles. The Kier molecular flexibility index (Phi) is 7.31. The molecule has 3 aromatic rings. The molecule has 3 heterocycles. The number of ether oxygens (including phenoxy) is 1. The predicted octanol–water partition coefficient (Wildman–Crippen LogP) is 4.23. The summed E-state index contributed by atoms with van der Waals surface area (Å²) in [6.45, 7) is 8.73. The molecule has 9 nitrogen and oxygen atoms in total. The van der Waals surface area contributed by atoms with Gasteiger partial charge >= 0.3 is 0 Å². The zero-order valence-electron chi connectivity index (χ0n) is 21.2. The number of hydrogen-bond acceptors (Lipinski definition) is 10. The average Bonchev–Trinajstić information content (AvgIpc) is 3.41. The lowest BCUT2D eigenvalue weighted by molar-refractivity contribution is 0.210. The Morgan fingerprint density at radius 2 is 1.94 bits per heavy atom. The molecule has 0 saturated heterocycles. The molecule has 1 saturated carbocycles. The van der Waals surface area contributed by atoms with Crippen molar-refractivity contribution < 1.29 is 13.2 Å². The van der Waals surface area contributed by atoms with Crippen LogP contribution in [0.3, 0.4) is 0 Å². The first-order chi connectivity index (χ1) is 16.5. The number of aryl methyl sites for hydroxylation is 2. The molecule has 35 heavy (non-hydrogen) atoms. The smallest absolute Gasteiger partial charge is 0.224 e. The number of pyridine rings is 1. The molecule has 11 heteroatoms. The monoisotopic (exact) mass is 518 g/mol. The Morgan fingerprint density at radius 3 is 2.63 bits per heavy atom. The van der Waals surface area contributed by atoms with E-state index >= 15 is 0 Å². The molecule has 2 unspecified atom stereocenters. The Bertz CT molecular complexity index is 1320. The summed E-state index contributed by atoms with van der Waals surface area (Å²) < 4.78 is 30.2. The number of aromatic nitrogens is 4. The third kappa shape index (κ3) is 5.26. The number of nitrogens with one attached hydrogen (secondary N) is 2. The first-order valence-corrected chi connectivity index (χ1v) is 14.5. The van der Waals surface area contributed by atoms with E-state index in [0.717, 1.165) is 51.4 Å². The van der Waals surface area contributed by atoms with E-state index in [2.05, 4.69) is 20.6 Å². The van der Waals surface area contributed by atoms with Gasteiger partial charge in [0.2, 0.25) is 5.95 Å². The molecule has 0 bridgehead atoms. The Morgan fingerprint density at radius 1 is 1.17 bits per heavy atom. The average molecular weight is 519 g/mol. The second-order valence-electron chi connectivity index (χ2n) is 9.76. The predicted molar refractivity (Wildman–Crippen MR) is 142 cm³/mol. The highest BCUT2D eigenvalue weighted by atomic mass is 32.2. The molecule has 0 amide bonds. The maximum absolute atomic E-state index is 12.4. The van der Waals surface area contributed by atoms with Crippen molar-refractivity contribution in [2.45, 2.75) is 57.7 Å². The minimum atomic E-state index is -3.17. The molecule has 0 spiro atoms. The Hall–Kier alpha value is -2.37. The Balaban J connectivity index is 1.69. The molecule has 1 aliphatic rings. The number of anilines is 2. The zero-order chi connectivity index (χ0) is 25.4. The first-order valence-electron chi connectivity index (χ1n) is 11.8. The van der Waals surface area contributed by atoms with Crippen molar-refractivity contribution in [2.24, 2.45) is 5.92 Å². The van der Waals surface area contributed by atoms with E-state index in [4.69, 9.17) is 14.7 Å². The van der Waals surface area contributed by atoms with Gasteiger partial charge in [-0.2, -0.15) is 4.98 Å². The summed E-state index contributed by atoms with van der Waals surface area (Å²) in [4.78, 5) is 18.8. The number of thiazole rings is 1. The fraction of sp³-hybridized carbons (Fsp3) is 0.583. The largest absolute Gasteiger partial charge is 0.383 e. The number of rotatable bonds is 9. The number of sulfone groups is 1. The normalized spacial score (nSPS) is 18.8. The lowest BCUT2D eigenvalue weighted by atomic mass is 9.93. The van der Waals surface area contributed by atoms with Crippen molar-refractivity contribution in [1.82, 2.24) is 19.9 Å². The second-order valence-corrected chi connectivity index (χ2v) is 13.4. The Labute approximate surface area is 211 Å². The number of nitrogens with zero attached hydrogens (tertiary/aromatic N) is 4. The summed E-state index contributed by atoms with van der Waals surface area (Å²) in [5, 5.41) is 7.69. The second kappa shape index (κ2) is 9.94. The van der Waals surface area contributed by atoms with Gasteiger partial charge in [-0.25, -0.2) is 18.4 Å². The first kappa shape index (κ1) is 25.7. The van der Waals surface area contributed by atoms with E-state index in [9.17, 15) is 8.42 Å². The highest BCUT2D eigenvalue weighted by Gasteiger charge is 2.43. The quantitative estimate of drug-likeness (QED) is 0.401. The summed E-state index contributed by atoms with van der Waals surface area (Å²) in [5.74, 6) is 1.32. The zero-order valence-corrected chi connectivity index (χ0v) is 22.8. The van der Waals surface area contributed by atoms with Crippen molar-refractivity contribution in [3.8, 4) is 10.6 Å². The highest BCUT2D eigenvalue weighted by Crippen LogP contribution is 2.41. The van der Waals surface area contributed by atoms with Crippen molar-refractivity contribution in [3.63, 3.8) is 0 Å². The van der Waals surface area contributed by atoms with Crippen LogP contribution in [-0.2, 0) is 14.6 Å². The summed E-state index contributed by atoms with van der Waals surface area (Å²) in [6.07, 6.45) is 5.62. The summed E-state index contributed by atoms with van der Waals surface area (Å²) in [7, 11) is -1.51. The van der Waals surface area contributed by atoms with Gasteiger partial charge in [0.1, 0.15) is 16.3 Å². The maximum Gasteiger partial charge on any atom is 0.224 e.